The Morgan fingerprint density at radius 3 is 1.82 bits per heavy atom. The summed E-state index contributed by atoms with van der Waals surface area (Å²) in [6.45, 7) is 0. The fourth-order valence-electron chi connectivity index (χ4n) is 2.29. The van der Waals surface area contributed by atoms with Gasteiger partial charge in [0.15, 0.2) is 15.5 Å². The maximum Gasteiger partial charge on any atom is 0.211 e. The van der Waals surface area contributed by atoms with Crippen LogP contribution in [0.1, 0.15) is 0 Å². The third-order valence-corrected chi connectivity index (χ3v) is 5.60. The van der Waals surface area contributed by atoms with Crippen LogP contribution in [0.25, 0.3) is 0 Å². The molecule has 0 aromatic heterocycles. The Labute approximate surface area is 133 Å². The Hall–Kier alpha value is -2.39. The molecule has 3 aromatic carbocycles. The number of rotatable bonds is 4. The fourth-order valence-corrected chi connectivity index (χ4v) is 4.44. The zero-order valence-corrected chi connectivity index (χ0v) is 13.1. The van der Waals surface area contributed by atoms with Gasteiger partial charge in [0.2, 0.25) is 4.90 Å². The van der Waals surface area contributed by atoms with Crippen molar-refractivity contribution in [1.29, 1.82) is 0 Å². The lowest BCUT2D eigenvalue weighted by molar-refractivity contribution is 0.409. The number of methoxy groups -OCH3 is 1. The molecule has 0 atom stereocenters. The van der Waals surface area contributed by atoms with Crippen molar-refractivity contribution in [3.8, 4) is 11.5 Å². The molecule has 0 unspecified atom stereocenters. The highest BCUT2D eigenvalue weighted by atomic mass is 32.2. The average Bonchev–Trinajstić information content (AvgIpc) is 2.59. The number of phenolic OH excluding ortho intramolecular Hbond substituents is 1. The molecular weight excluding hydrogens is 292 g/mol. The van der Waals surface area contributed by atoms with Gasteiger partial charge in [0.05, 0.1) is 7.11 Å². The first-order valence-electron chi connectivity index (χ1n) is 7.01. The van der Waals surface area contributed by atoms with E-state index in [0.29, 0.717) is 0 Å². The van der Waals surface area contributed by atoms with Gasteiger partial charge in [-0.25, -0.2) is 0 Å². The van der Waals surface area contributed by atoms with E-state index in [1.807, 2.05) is 42.5 Å². The maximum atomic E-state index is 10.4. The van der Waals surface area contributed by atoms with Gasteiger partial charge in [-0.1, -0.05) is 36.4 Å². The number of phenols is 1. The maximum absolute atomic E-state index is 10.4. The number of aromatic hydroxyl groups is 1. The van der Waals surface area contributed by atoms with E-state index in [9.17, 15) is 5.11 Å². The van der Waals surface area contributed by atoms with Crippen LogP contribution in [0, 0.1) is 0 Å². The molecule has 3 aromatic rings. The molecule has 0 heterocycles. The molecular formula is C19H17O2S+. The highest BCUT2D eigenvalue weighted by Crippen LogP contribution is 2.37. The van der Waals surface area contributed by atoms with Crippen molar-refractivity contribution in [2.45, 2.75) is 14.7 Å². The van der Waals surface area contributed by atoms with E-state index in [4.69, 9.17) is 4.74 Å². The predicted octanol–water partition coefficient (Wildman–Crippen LogP) is 4.50. The lowest BCUT2D eigenvalue weighted by atomic mass is 10.3. The molecule has 2 nitrogen and oxygen atoms in total. The molecule has 0 saturated heterocycles. The second kappa shape index (κ2) is 6.58. The molecule has 0 saturated carbocycles. The molecule has 3 heteroatoms. The Bertz CT molecular complexity index is 702. The van der Waals surface area contributed by atoms with Crippen LogP contribution in [0.2, 0.25) is 0 Å². The van der Waals surface area contributed by atoms with Gasteiger partial charge >= 0.3 is 0 Å². The molecule has 0 spiro atoms. The topological polar surface area (TPSA) is 29.5 Å². The first-order valence-corrected chi connectivity index (χ1v) is 8.23. The smallest absolute Gasteiger partial charge is 0.211 e. The second-order valence-electron chi connectivity index (χ2n) is 4.77. The molecule has 0 amide bonds. The minimum absolute atomic E-state index is 0.289. The molecule has 0 aliphatic carbocycles. The molecule has 110 valence electrons. The number of ether oxygens (including phenoxy) is 1. The Morgan fingerprint density at radius 1 is 0.773 bits per heavy atom. The molecule has 22 heavy (non-hydrogen) atoms. The summed E-state index contributed by atoms with van der Waals surface area (Å²) in [5.41, 5.74) is 0. The van der Waals surface area contributed by atoms with Crippen LogP contribution in [0.5, 0.6) is 11.5 Å². The summed E-state index contributed by atoms with van der Waals surface area (Å²) in [5.74, 6) is 1.04. The predicted molar refractivity (Wildman–Crippen MR) is 89.7 cm³/mol. The SMILES string of the molecule is COc1ccc(O)c([S+](c2ccccc2)c2ccccc2)c1. The standard InChI is InChI=1S/C19H16O2S/c1-21-15-12-13-18(20)19(14-15)22(16-8-4-2-5-9-16)17-10-6-3-7-11-17/h2-14H,1H3/p+1. The zero-order chi connectivity index (χ0) is 15.4. The molecule has 0 aliphatic heterocycles. The third-order valence-electron chi connectivity index (χ3n) is 3.34. The fraction of sp³-hybridized carbons (Fsp3) is 0.0526. The summed E-state index contributed by atoms with van der Waals surface area (Å²) in [6, 6.07) is 25.8. The highest BCUT2D eigenvalue weighted by molar-refractivity contribution is 7.97. The lowest BCUT2D eigenvalue weighted by Crippen LogP contribution is -2.05. The van der Waals surface area contributed by atoms with Crippen LogP contribution < -0.4 is 4.74 Å². The van der Waals surface area contributed by atoms with E-state index in [1.54, 1.807) is 19.2 Å². The van der Waals surface area contributed by atoms with Crippen LogP contribution in [0.15, 0.2) is 93.5 Å². The second-order valence-corrected chi connectivity index (χ2v) is 6.76. The highest BCUT2D eigenvalue weighted by Gasteiger charge is 2.31. The van der Waals surface area contributed by atoms with Crippen LogP contribution >= 0.6 is 0 Å². The normalized spacial score (nSPS) is 10.6. The molecule has 0 fully saturated rings. The largest absolute Gasteiger partial charge is 0.503 e. The summed E-state index contributed by atoms with van der Waals surface area (Å²) in [5, 5.41) is 10.4. The van der Waals surface area contributed by atoms with Crippen molar-refractivity contribution in [2.24, 2.45) is 0 Å². The minimum atomic E-state index is -0.368. The number of hydrogen-bond acceptors (Lipinski definition) is 2. The minimum Gasteiger partial charge on any atom is -0.503 e. The molecule has 0 bridgehead atoms. The monoisotopic (exact) mass is 309 g/mol. The first kappa shape index (κ1) is 14.5. The molecule has 0 radical (unpaired) electrons. The van der Waals surface area contributed by atoms with Crippen molar-refractivity contribution in [3.63, 3.8) is 0 Å². The van der Waals surface area contributed by atoms with E-state index in [2.05, 4.69) is 24.3 Å². The summed E-state index contributed by atoms with van der Waals surface area (Å²) < 4.78 is 5.33. The van der Waals surface area contributed by atoms with Crippen LogP contribution in [-0.2, 0) is 10.9 Å². The number of hydrogen-bond donors (Lipinski definition) is 1. The van der Waals surface area contributed by atoms with Crippen LogP contribution in [0.3, 0.4) is 0 Å². The summed E-state index contributed by atoms with van der Waals surface area (Å²) in [6.07, 6.45) is 0. The molecule has 0 aliphatic rings. The first-order chi connectivity index (χ1) is 10.8. The van der Waals surface area contributed by atoms with Gasteiger partial charge in [0.1, 0.15) is 16.6 Å². The van der Waals surface area contributed by atoms with Crippen molar-refractivity contribution >= 4 is 10.9 Å². The zero-order valence-electron chi connectivity index (χ0n) is 12.3. The molecule has 1 N–H and O–H groups in total. The van der Waals surface area contributed by atoms with E-state index in [0.717, 1.165) is 20.4 Å². The van der Waals surface area contributed by atoms with Gasteiger partial charge < -0.3 is 9.84 Å². The van der Waals surface area contributed by atoms with Crippen molar-refractivity contribution in [2.75, 3.05) is 7.11 Å². The third kappa shape index (κ3) is 2.95. The van der Waals surface area contributed by atoms with Gasteiger partial charge in [0.25, 0.3) is 0 Å². The van der Waals surface area contributed by atoms with Gasteiger partial charge in [-0.15, -0.1) is 0 Å². The summed E-state index contributed by atoms with van der Waals surface area (Å²) >= 11 is 0. The van der Waals surface area contributed by atoms with Crippen molar-refractivity contribution in [1.82, 2.24) is 0 Å². The van der Waals surface area contributed by atoms with E-state index in [1.165, 1.54) is 0 Å². The van der Waals surface area contributed by atoms with Crippen molar-refractivity contribution in [3.05, 3.63) is 78.9 Å². The summed E-state index contributed by atoms with van der Waals surface area (Å²) in [4.78, 5) is 3.20. The Kier molecular flexibility index (Phi) is 4.35. The quantitative estimate of drug-likeness (QED) is 0.719. The van der Waals surface area contributed by atoms with Crippen LogP contribution in [-0.4, -0.2) is 12.2 Å². The Balaban J connectivity index is 2.18. The summed E-state index contributed by atoms with van der Waals surface area (Å²) in [7, 11) is 1.27. The van der Waals surface area contributed by atoms with E-state index < -0.39 is 0 Å². The van der Waals surface area contributed by atoms with Crippen LogP contribution in [0.4, 0.5) is 0 Å². The average molecular weight is 309 g/mol. The van der Waals surface area contributed by atoms with Crippen molar-refractivity contribution < 1.29 is 9.84 Å². The number of benzene rings is 3. The Morgan fingerprint density at radius 2 is 1.32 bits per heavy atom. The van der Waals surface area contributed by atoms with Gasteiger partial charge in [-0.3, -0.25) is 0 Å². The van der Waals surface area contributed by atoms with Gasteiger partial charge in [0, 0.05) is 6.07 Å². The molecule has 3 rings (SSSR count). The van der Waals surface area contributed by atoms with E-state index in [-0.39, 0.29) is 16.6 Å². The van der Waals surface area contributed by atoms with E-state index >= 15 is 0 Å². The van der Waals surface area contributed by atoms with Gasteiger partial charge in [-0.05, 0) is 36.4 Å². The lowest BCUT2D eigenvalue weighted by Gasteiger charge is -2.10. The van der Waals surface area contributed by atoms with Gasteiger partial charge in [-0.2, -0.15) is 0 Å².